The minimum absolute atomic E-state index is 0.113. The molecule has 0 radical (unpaired) electrons. The average molecular weight is 898 g/mol. The first kappa shape index (κ1) is 36.8. The Balaban J connectivity index is 0.000000148. The second-order valence-corrected chi connectivity index (χ2v) is 18.7. The van der Waals surface area contributed by atoms with Crippen LogP contribution < -0.4 is 5.56 Å². The van der Waals surface area contributed by atoms with Crippen molar-refractivity contribution in [3.8, 4) is 42.6 Å². The third kappa shape index (κ3) is 9.60. The van der Waals surface area contributed by atoms with E-state index in [0.717, 1.165) is 37.4 Å². The number of nitrogens with zero attached hydrogens (tertiary/aromatic N) is 7. The second kappa shape index (κ2) is 16.9. The Hall–Kier alpha value is -3.50. The number of halogens is 5. The van der Waals surface area contributed by atoms with E-state index in [1.165, 1.54) is 0 Å². The van der Waals surface area contributed by atoms with E-state index >= 15 is 0 Å². The van der Waals surface area contributed by atoms with Gasteiger partial charge in [-0.2, -0.15) is 19.2 Å². The molecule has 0 bridgehead atoms. The van der Waals surface area contributed by atoms with Gasteiger partial charge in [-0.1, -0.05) is 29.7 Å². The van der Waals surface area contributed by atoms with Crippen molar-refractivity contribution in [2.24, 2.45) is 0 Å². The summed E-state index contributed by atoms with van der Waals surface area (Å²) in [6.07, 6.45) is 6.91. The Kier molecular flexibility index (Phi) is 12.7. The number of thiophene rings is 2. The number of H-pyrrole nitrogens is 1. The summed E-state index contributed by atoms with van der Waals surface area (Å²) < 4.78 is 15.5. The van der Waals surface area contributed by atoms with Crippen molar-refractivity contribution in [1.29, 1.82) is 0 Å². The zero-order valence-corrected chi connectivity index (χ0v) is 32.4. The zero-order valence-electron chi connectivity index (χ0n) is 24.7. The summed E-state index contributed by atoms with van der Waals surface area (Å²) in [5.41, 5.74) is 4.35. The summed E-state index contributed by atoms with van der Waals surface area (Å²) in [7, 11) is 0. The van der Waals surface area contributed by atoms with Crippen LogP contribution in [0.15, 0.2) is 88.9 Å². The Bertz CT molecular complexity index is 2590. The monoisotopic (exact) mass is 896 g/mol. The van der Waals surface area contributed by atoms with Crippen LogP contribution in [0.1, 0.15) is 6.92 Å². The molecule has 246 valence electrons. The number of aromatic amines is 1. The number of nitrogens with one attached hydrogen (secondary N) is 1. The fraction of sp³-hybridized carbons (Fsp3) is 0.0323. The summed E-state index contributed by atoms with van der Waals surface area (Å²) >= 11 is 25.3. The van der Waals surface area contributed by atoms with Gasteiger partial charge in [-0.3, -0.25) is 9.36 Å². The van der Waals surface area contributed by atoms with Crippen molar-refractivity contribution in [2.75, 3.05) is 0 Å². The van der Waals surface area contributed by atoms with Crippen LogP contribution in [0.4, 0.5) is 0 Å². The lowest BCUT2D eigenvalue weighted by atomic mass is 10.2. The first-order valence-corrected chi connectivity index (χ1v) is 21.1. The third-order valence-corrected chi connectivity index (χ3v) is 8.54. The lowest BCUT2D eigenvalue weighted by Crippen LogP contribution is -2.10. The predicted molar refractivity (Wildman–Crippen MR) is 211 cm³/mol. The molecule has 0 fully saturated rings. The Labute approximate surface area is 319 Å². The van der Waals surface area contributed by atoms with Crippen LogP contribution in [-0.2, 0) is 4.57 Å². The molecule has 0 aromatic carbocycles. The van der Waals surface area contributed by atoms with Gasteiger partial charge in [0, 0.05) is 73.2 Å². The second-order valence-electron chi connectivity index (χ2n) is 9.22. The molecular weight excluding hydrogens is 880 g/mol. The van der Waals surface area contributed by atoms with Gasteiger partial charge >= 0.3 is 5.20 Å². The Morgan fingerprint density at radius 1 is 0.857 bits per heavy atom. The lowest BCUT2D eigenvalue weighted by molar-refractivity contribution is 0.600. The highest BCUT2D eigenvalue weighted by atomic mass is 127. The topological polar surface area (TPSA) is 123 Å². The summed E-state index contributed by atoms with van der Waals surface area (Å²) in [6, 6.07) is 15.4. The van der Waals surface area contributed by atoms with Crippen molar-refractivity contribution >= 4 is 129 Å². The molecule has 0 spiro atoms. The number of aromatic nitrogens is 8. The van der Waals surface area contributed by atoms with E-state index in [1.807, 2.05) is 75.8 Å². The molecule has 0 atom stereocenters. The lowest BCUT2D eigenvalue weighted by Gasteiger charge is -2.05. The molecule has 0 amide bonds. The number of hydrogen-bond donors (Lipinski definition) is 1. The molecule has 8 aromatic heterocycles. The zero-order chi connectivity index (χ0) is 35.0. The first-order valence-electron chi connectivity index (χ1n) is 13.5. The molecule has 18 heteroatoms. The quantitative estimate of drug-likeness (QED) is 0.0793. The average Bonchev–Trinajstić information content (AvgIpc) is 3.90. The molecule has 1 N–H and O–H groups in total. The van der Waals surface area contributed by atoms with Gasteiger partial charge in [-0.25, -0.2) is 15.0 Å². The van der Waals surface area contributed by atoms with Crippen LogP contribution in [0.2, 0.25) is 5.15 Å². The van der Waals surface area contributed by atoms with E-state index in [-0.39, 0.29) is 5.56 Å². The highest BCUT2D eigenvalue weighted by Crippen LogP contribution is 2.61. The maximum Gasteiger partial charge on any atom is 0.339 e. The molecule has 10 nitrogen and oxygen atoms in total. The molecule has 8 rings (SSSR count). The molecule has 0 aliphatic heterocycles. The van der Waals surface area contributed by atoms with Crippen LogP contribution in [0, 0.1) is 21.7 Å². The highest BCUT2D eigenvalue weighted by molar-refractivity contribution is 14.1. The number of pyridine rings is 2. The van der Waals surface area contributed by atoms with Crippen LogP contribution >= 0.6 is 95.8 Å². The highest BCUT2D eigenvalue weighted by Gasteiger charge is 2.12. The van der Waals surface area contributed by atoms with E-state index in [1.54, 1.807) is 69.5 Å². The molecule has 0 unspecified atom stereocenters. The molecule has 0 saturated heterocycles. The van der Waals surface area contributed by atoms with E-state index in [4.69, 9.17) is 11.6 Å². The van der Waals surface area contributed by atoms with Crippen molar-refractivity contribution in [1.82, 2.24) is 39.2 Å². The van der Waals surface area contributed by atoms with Gasteiger partial charge in [-0.05, 0) is 91.4 Å². The molecule has 49 heavy (non-hydrogen) atoms. The largest absolute Gasteiger partial charge is 0.339 e. The van der Waals surface area contributed by atoms with E-state index in [0.29, 0.717) is 22.0 Å². The maximum absolute atomic E-state index is 12.2. The van der Waals surface area contributed by atoms with Gasteiger partial charge in [0.2, 0.25) is 0 Å². The van der Waals surface area contributed by atoms with Crippen molar-refractivity contribution in [3.05, 3.63) is 99.6 Å². The van der Waals surface area contributed by atoms with Gasteiger partial charge in [0.25, 0.3) is 5.56 Å². The summed E-state index contributed by atoms with van der Waals surface area (Å²) in [4.78, 5) is 30.2. The Morgan fingerprint density at radius 2 is 1.43 bits per heavy atom. The van der Waals surface area contributed by atoms with Crippen LogP contribution in [0.3, 0.4) is 0 Å². The van der Waals surface area contributed by atoms with Gasteiger partial charge in [0.1, 0.15) is 10.8 Å². The van der Waals surface area contributed by atoms with Gasteiger partial charge in [-0.15, -0.1) is 22.7 Å². The minimum atomic E-state index is -3.22. The van der Waals surface area contributed by atoms with Crippen molar-refractivity contribution in [3.63, 3.8) is 0 Å². The van der Waals surface area contributed by atoms with Crippen LogP contribution in [0.25, 0.3) is 54.2 Å². The predicted octanol–water partition coefficient (Wildman–Crippen LogP) is 10.2. The summed E-state index contributed by atoms with van der Waals surface area (Å²) in [5.74, 6) is 7.79. The van der Waals surface area contributed by atoms with E-state index in [9.17, 15) is 9.36 Å². The van der Waals surface area contributed by atoms with E-state index < -0.39 is 5.20 Å². The SMILES string of the molecule is CC#CC#CI.Clc1nc2c(cnc3ccnn32)cc1-c1cccs1.O=P(Cl)(Cl)Cl.O=c1[nH]c2c(cnc3ccnn32)cc1-c1cccs1. The Morgan fingerprint density at radius 3 is 2.00 bits per heavy atom. The molecule has 0 aliphatic rings. The van der Waals surface area contributed by atoms with Gasteiger partial charge in [0.05, 0.1) is 18.0 Å². The fourth-order valence-corrected chi connectivity index (χ4v) is 6.18. The standard InChI is InChI=1S/C13H7ClN4S.C13H8N4OS.C5H3I.Cl3OP/c14-12-9(10-2-1-5-19-10)6-8-7-15-11-3-4-16-18(11)13(8)17-12;18-13-9(10-2-1-5-19-10)6-8-7-14-11-3-4-15-17(11)12(8)16-13;1-2-3-4-5-6;1-5(2,3)4/h1-7H;1-7H,(H,16,18);1H3;. The number of hydrogen-bond acceptors (Lipinski definition) is 9. The number of rotatable bonds is 2. The van der Waals surface area contributed by atoms with Crippen molar-refractivity contribution in [2.45, 2.75) is 6.92 Å². The smallest absolute Gasteiger partial charge is 0.306 e. The fourth-order valence-electron chi connectivity index (χ4n) is 4.27. The molecular formula is C31H18Cl4IN8O2PS2. The third-order valence-electron chi connectivity index (χ3n) is 6.17. The normalized spacial score (nSPS) is 10.5. The van der Waals surface area contributed by atoms with E-state index in [2.05, 4.69) is 85.5 Å². The van der Waals surface area contributed by atoms with Gasteiger partial charge in [0.15, 0.2) is 16.9 Å². The van der Waals surface area contributed by atoms with Crippen LogP contribution in [0.5, 0.6) is 0 Å². The molecule has 0 aliphatic carbocycles. The van der Waals surface area contributed by atoms with Crippen molar-refractivity contribution < 1.29 is 4.57 Å². The summed E-state index contributed by atoms with van der Waals surface area (Å²) in [6.45, 7) is 1.76. The minimum Gasteiger partial charge on any atom is -0.306 e. The van der Waals surface area contributed by atoms with Crippen LogP contribution in [-0.4, -0.2) is 39.2 Å². The molecule has 8 aromatic rings. The number of fused-ring (bicyclic) bond motifs is 6. The van der Waals surface area contributed by atoms with Gasteiger partial charge < -0.3 is 4.98 Å². The first-order chi connectivity index (χ1) is 23.6. The maximum atomic E-state index is 12.2. The summed E-state index contributed by atoms with van der Waals surface area (Å²) in [5, 5.41) is 11.4. The molecule has 0 saturated carbocycles. The molecule has 8 heterocycles.